The Kier molecular flexibility index (Phi) is 4.76. The quantitative estimate of drug-likeness (QED) is 0.921. The largest absolute Gasteiger partial charge is 0.319 e. The normalized spacial score (nSPS) is 25.3. The Labute approximate surface area is 117 Å². The number of rotatable bonds is 3. The third kappa shape index (κ3) is 2.92. The highest BCUT2D eigenvalue weighted by Gasteiger charge is 2.31. The average molecular weight is 315 g/mol. The maximum absolute atomic E-state index is 14.1. The third-order valence-electron chi connectivity index (χ3n) is 3.75. The van der Waals surface area contributed by atoms with E-state index in [1.807, 2.05) is 19.2 Å². The van der Waals surface area contributed by atoms with Gasteiger partial charge in [0.1, 0.15) is 5.82 Å². The van der Waals surface area contributed by atoms with Gasteiger partial charge in [-0.15, -0.1) is 0 Å². The summed E-state index contributed by atoms with van der Waals surface area (Å²) in [5.74, 6) is 0.369. The molecule has 0 radical (unpaired) electrons. The van der Waals surface area contributed by atoms with Crippen molar-refractivity contribution in [2.75, 3.05) is 27.2 Å². The number of nitrogens with zero attached hydrogens (tertiary/aromatic N) is 1. The average Bonchev–Trinajstić information content (AvgIpc) is 2.31. The van der Waals surface area contributed by atoms with Crippen LogP contribution in [0.1, 0.15) is 24.4 Å². The van der Waals surface area contributed by atoms with Gasteiger partial charge < -0.3 is 5.32 Å². The molecule has 1 fully saturated rings. The highest BCUT2D eigenvalue weighted by molar-refractivity contribution is 9.10. The SMILES string of the molecule is CNCC1CCCN(C)C1c1ccc(Br)cc1F. The molecule has 0 aromatic heterocycles. The zero-order valence-corrected chi connectivity index (χ0v) is 12.5. The van der Waals surface area contributed by atoms with Crippen LogP contribution in [0.3, 0.4) is 0 Å². The number of benzene rings is 1. The van der Waals surface area contributed by atoms with Gasteiger partial charge in [-0.25, -0.2) is 4.39 Å². The highest BCUT2D eigenvalue weighted by Crippen LogP contribution is 2.36. The Morgan fingerprint density at radius 3 is 2.94 bits per heavy atom. The molecular formula is C14H20BrFN2. The molecule has 2 rings (SSSR count). The van der Waals surface area contributed by atoms with Gasteiger partial charge in [0.05, 0.1) is 0 Å². The Morgan fingerprint density at radius 2 is 2.28 bits per heavy atom. The minimum Gasteiger partial charge on any atom is -0.319 e. The van der Waals surface area contributed by atoms with Crippen molar-refractivity contribution in [3.8, 4) is 0 Å². The first-order valence-electron chi connectivity index (χ1n) is 6.43. The van der Waals surface area contributed by atoms with Crippen molar-refractivity contribution < 1.29 is 4.39 Å². The molecule has 1 aromatic rings. The summed E-state index contributed by atoms with van der Waals surface area (Å²) < 4.78 is 14.9. The first-order valence-corrected chi connectivity index (χ1v) is 7.22. The van der Waals surface area contributed by atoms with Crippen molar-refractivity contribution in [1.82, 2.24) is 10.2 Å². The maximum Gasteiger partial charge on any atom is 0.129 e. The highest BCUT2D eigenvalue weighted by atomic mass is 79.9. The van der Waals surface area contributed by atoms with Crippen LogP contribution in [0.25, 0.3) is 0 Å². The molecule has 2 nitrogen and oxygen atoms in total. The molecule has 0 spiro atoms. The van der Waals surface area contributed by atoms with Crippen molar-refractivity contribution in [2.45, 2.75) is 18.9 Å². The molecule has 0 amide bonds. The molecule has 0 saturated carbocycles. The molecule has 18 heavy (non-hydrogen) atoms. The van der Waals surface area contributed by atoms with Crippen molar-refractivity contribution in [1.29, 1.82) is 0 Å². The van der Waals surface area contributed by atoms with E-state index in [0.29, 0.717) is 5.92 Å². The van der Waals surface area contributed by atoms with Crippen LogP contribution in [0, 0.1) is 11.7 Å². The van der Waals surface area contributed by atoms with Gasteiger partial charge in [-0.3, -0.25) is 4.90 Å². The maximum atomic E-state index is 14.1. The second-order valence-corrected chi connectivity index (χ2v) is 5.97. The Bertz CT molecular complexity index is 409. The zero-order chi connectivity index (χ0) is 13.1. The second kappa shape index (κ2) is 6.13. The molecule has 1 heterocycles. The van der Waals surface area contributed by atoms with E-state index < -0.39 is 0 Å². The topological polar surface area (TPSA) is 15.3 Å². The Morgan fingerprint density at radius 1 is 1.50 bits per heavy atom. The lowest BCUT2D eigenvalue weighted by Gasteiger charge is -2.39. The third-order valence-corrected chi connectivity index (χ3v) is 4.25. The lowest BCUT2D eigenvalue weighted by molar-refractivity contribution is 0.118. The van der Waals surface area contributed by atoms with Gasteiger partial charge in [0.2, 0.25) is 0 Å². The van der Waals surface area contributed by atoms with Crippen LogP contribution < -0.4 is 5.32 Å². The molecule has 4 heteroatoms. The first-order chi connectivity index (χ1) is 8.63. The summed E-state index contributed by atoms with van der Waals surface area (Å²) in [6.07, 6.45) is 2.35. The lowest BCUT2D eigenvalue weighted by atomic mass is 9.84. The van der Waals surface area contributed by atoms with E-state index in [2.05, 4.69) is 33.2 Å². The molecule has 1 aliphatic heterocycles. The minimum absolute atomic E-state index is 0.107. The van der Waals surface area contributed by atoms with Gasteiger partial charge in [0, 0.05) is 16.1 Å². The predicted molar refractivity (Wildman–Crippen MR) is 76.1 cm³/mol. The molecular weight excluding hydrogens is 295 g/mol. The summed E-state index contributed by atoms with van der Waals surface area (Å²) in [7, 11) is 4.05. The standard InChI is InChI=1S/C14H20BrFN2/c1-17-9-10-4-3-7-18(2)14(10)12-6-5-11(15)8-13(12)16/h5-6,8,10,14,17H,3-4,7,9H2,1-2H3. The summed E-state index contributed by atoms with van der Waals surface area (Å²) in [6, 6.07) is 5.58. The van der Waals surface area contributed by atoms with Gasteiger partial charge in [-0.2, -0.15) is 0 Å². The van der Waals surface area contributed by atoms with Crippen molar-refractivity contribution in [2.24, 2.45) is 5.92 Å². The minimum atomic E-state index is -0.107. The smallest absolute Gasteiger partial charge is 0.129 e. The summed E-state index contributed by atoms with van der Waals surface area (Å²) in [4.78, 5) is 2.28. The first kappa shape index (κ1) is 14.0. The number of hydrogen-bond donors (Lipinski definition) is 1. The number of hydrogen-bond acceptors (Lipinski definition) is 2. The lowest BCUT2D eigenvalue weighted by Crippen LogP contribution is -2.40. The number of halogens is 2. The van der Waals surface area contributed by atoms with Gasteiger partial charge in [0.25, 0.3) is 0 Å². The summed E-state index contributed by atoms with van der Waals surface area (Å²) in [5.41, 5.74) is 0.820. The summed E-state index contributed by atoms with van der Waals surface area (Å²) >= 11 is 3.32. The predicted octanol–water partition coefficient (Wildman–Crippen LogP) is 3.19. The number of nitrogens with one attached hydrogen (secondary N) is 1. The van der Waals surface area contributed by atoms with Gasteiger partial charge in [-0.05, 0) is 58.1 Å². The molecule has 0 bridgehead atoms. The van der Waals surface area contributed by atoms with Crippen molar-refractivity contribution in [3.63, 3.8) is 0 Å². The van der Waals surface area contributed by atoms with Crippen LogP contribution in [0.5, 0.6) is 0 Å². The molecule has 1 aliphatic rings. The van der Waals surface area contributed by atoms with Crippen molar-refractivity contribution >= 4 is 15.9 Å². The van der Waals surface area contributed by atoms with Gasteiger partial charge in [-0.1, -0.05) is 22.0 Å². The number of likely N-dealkylation sites (tertiary alicyclic amines) is 1. The van der Waals surface area contributed by atoms with Crippen LogP contribution in [0.2, 0.25) is 0 Å². The molecule has 2 unspecified atom stereocenters. The number of piperidine rings is 1. The monoisotopic (exact) mass is 314 g/mol. The van der Waals surface area contributed by atoms with E-state index in [1.165, 1.54) is 6.42 Å². The molecule has 100 valence electrons. The fourth-order valence-corrected chi connectivity index (χ4v) is 3.30. The van der Waals surface area contributed by atoms with Gasteiger partial charge >= 0.3 is 0 Å². The molecule has 2 atom stereocenters. The summed E-state index contributed by atoms with van der Waals surface area (Å²) in [6.45, 7) is 1.98. The van der Waals surface area contributed by atoms with Crippen LogP contribution in [0.15, 0.2) is 22.7 Å². The zero-order valence-electron chi connectivity index (χ0n) is 10.9. The Balaban J connectivity index is 2.31. The fourth-order valence-electron chi connectivity index (χ4n) is 2.97. The van der Waals surface area contributed by atoms with Crippen LogP contribution in [-0.2, 0) is 0 Å². The molecule has 0 aliphatic carbocycles. The van der Waals surface area contributed by atoms with E-state index in [-0.39, 0.29) is 11.9 Å². The van der Waals surface area contributed by atoms with E-state index >= 15 is 0 Å². The molecule has 1 saturated heterocycles. The summed E-state index contributed by atoms with van der Waals surface area (Å²) in [5, 5.41) is 3.23. The van der Waals surface area contributed by atoms with Crippen molar-refractivity contribution in [3.05, 3.63) is 34.1 Å². The van der Waals surface area contributed by atoms with Crippen LogP contribution in [0.4, 0.5) is 4.39 Å². The fraction of sp³-hybridized carbons (Fsp3) is 0.571. The van der Waals surface area contributed by atoms with Crippen LogP contribution in [-0.4, -0.2) is 32.1 Å². The van der Waals surface area contributed by atoms with Gasteiger partial charge in [0.15, 0.2) is 0 Å². The van der Waals surface area contributed by atoms with E-state index in [4.69, 9.17) is 0 Å². The molecule has 1 N–H and O–H groups in total. The second-order valence-electron chi connectivity index (χ2n) is 5.05. The van der Waals surface area contributed by atoms with E-state index in [1.54, 1.807) is 6.07 Å². The van der Waals surface area contributed by atoms with E-state index in [9.17, 15) is 4.39 Å². The van der Waals surface area contributed by atoms with E-state index in [0.717, 1.165) is 29.5 Å². The Hall–Kier alpha value is -0.450. The molecule has 1 aromatic carbocycles. The van der Waals surface area contributed by atoms with Crippen LogP contribution >= 0.6 is 15.9 Å².